The highest BCUT2D eigenvalue weighted by atomic mass is 35.5. The average molecular weight is 417 g/mol. The summed E-state index contributed by atoms with van der Waals surface area (Å²) < 4.78 is 17.2. The molecule has 0 bridgehead atoms. The van der Waals surface area contributed by atoms with Crippen LogP contribution in [-0.2, 0) is 16.0 Å². The number of rotatable bonds is 5. The van der Waals surface area contributed by atoms with E-state index in [0.29, 0.717) is 29.7 Å². The fourth-order valence-corrected chi connectivity index (χ4v) is 4.05. The van der Waals surface area contributed by atoms with Crippen molar-refractivity contribution in [3.05, 3.63) is 47.0 Å². The van der Waals surface area contributed by atoms with Crippen molar-refractivity contribution in [2.24, 2.45) is 0 Å². The monoisotopic (exact) mass is 416 g/mol. The molecule has 4 rings (SSSR count). The summed E-state index contributed by atoms with van der Waals surface area (Å²) in [5.41, 5.74) is 2.32. The lowest BCUT2D eigenvalue weighted by atomic mass is 10.0. The van der Waals surface area contributed by atoms with Gasteiger partial charge >= 0.3 is 0 Å². The Morgan fingerprint density at radius 2 is 1.97 bits per heavy atom. The Labute approximate surface area is 175 Å². The Morgan fingerprint density at radius 3 is 2.76 bits per heavy atom. The zero-order valence-corrected chi connectivity index (χ0v) is 17.4. The fraction of sp³-hybridized carbons (Fsp3) is 0.409. The summed E-state index contributed by atoms with van der Waals surface area (Å²) >= 11 is 6.43. The zero-order chi connectivity index (χ0) is 20.4. The van der Waals surface area contributed by atoms with Crippen LogP contribution < -0.4 is 19.7 Å². The molecule has 0 aromatic heterocycles. The predicted molar refractivity (Wildman–Crippen MR) is 113 cm³/mol. The van der Waals surface area contributed by atoms with Gasteiger partial charge in [0.05, 0.1) is 29.6 Å². The number of carbonyl (C=O) groups is 1. The normalized spacial score (nSPS) is 17.4. The maximum Gasteiger partial charge on any atom is 0.262 e. The second kappa shape index (κ2) is 8.13. The maximum absolute atomic E-state index is 12.6. The lowest BCUT2D eigenvalue weighted by Crippen LogP contribution is -2.37. The minimum absolute atomic E-state index is 0.116. The van der Waals surface area contributed by atoms with Gasteiger partial charge in [-0.2, -0.15) is 0 Å². The quantitative estimate of drug-likeness (QED) is 0.800. The van der Waals surface area contributed by atoms with Crippen LogP contribution in [0.5, 0.6) is 11.5 Å². The number of anilines is 2. The lowest BCUT2D eigenvalue weighted by molar-refractivity contribution is -0.118. The molecule has 0 saturated carbocycles. The number of hydrogen-bond acceptors (Lipinski definition) is 5. The van der Waals surface area contributed by atoms with Crippen LogP contribution in [-0.4, -0.2) is 44.4 Å². The Bertz CT molecular complexity index is 910. The number of nitrogens with zero attached hydrogens (tertiary/aromatic N) is 1. The van der Waals surface area contributed by atoms with Crippen LogP contribution >= 0.6 is 11.6 Å². The van der Waals surface area contributed by atoms with E-state index in [-0.39, 0.29) is 18.1 Å². The zero-order valence-electron chi connectivity index (χ0n) is 16.7. The van der Waals surface area contributed by atoms with E-state index in [9.17, 15) is 4.79 Å². The highest BCUT2D eigenvalue weighted by Gasteiger charge is 2.32. The smallest absolute Gasteiger partial charge is 0.262 e. The number of amides is 1. The third-order valence-corrected chi connectivity index (χ3v) is 5.31. The molecule has 1 saturated heterocycles. The molecule has 2 heterocycles. The summed E-state index contributed by atoms with van der Waals surface area (Å²) in [7, 11) is 0. The first-order valence-electron chi connectivity index (χ1n) is 9.78. The Hall–Kier alpha value is -2.44. The van der Waals surface area contributed by atoms with Gasteiger partial charge in [0, 0.05) is 25.1 Å². The van der Waals surface area contributed by atoms with Crippen molar-refractivity contribution in [3.8, 4) is 11.5 Å². The number of carbonyl (C=O) groups excluding carboxylic acids is 1. The van der Waals surface area contributed by atoms with Gasteiger partial charge < -0.3 is 24.4 Å². The second-order valence-electron chi connectivity index (χ2n) is 7.86. The van der Waals surface area contributed by atoms with E-state index >= 15 is 0 Å². The van der Waals surface area contributed by atoms with Crippen molar-refractivity contribution in [2.75, 3.05) is 43.1 Å². The molecule has 7 heteroatoms. The Morgan fingerprint density at radius 1 is 1.21 bits per heavy atom. The number of halogens is 1. The van der Waals surface area contributed by atoms with E-state index < -0.39 is 0 Å². The number of ether oxygens (including phenoxy) is 3. The van der Waals surface area contributed by atoms with Crippen LogP contribution in [0.25, 0.3) is 0 Å². The van der Waals surface area contributed by atoms with E-state index in [1.54, 1.807) is 0 Å². The maximum atomic E-state index is 12.6. The topological polar surface area (TPSA) is 60.0 Å². The molecule has 1 N–H and O–H groups in total. The Kier molecular flexibility index (Phi) is 5.56. The van der Waals surface area contributed by atoms with Crippen LogP contribution in [0, 0.1) is 0 Å². The fourth-order valence-electron chi connectivity index (χ4n) is 3.76. The van der Waals surface area contributed by atoms with E-state index in [1.165, 1.54) is 0 Å². The largest absolute Gasteiger partial charge is 0.483 e. The van der Waals surface area contributed by atoms with Crippen molar-refractivity contribution in [1.82, 2.24) is 0 Å². The third-order valence-electron chi connectivity index (χ3n) is 5.00. The molecule has 0 unspecified atom stereocenters. The van der Waals surface area contributed by atoms with Crippen LogP contribution in [0.3, 0.4) is 0 Å². The molecule has 2 aromatic carbocycles. The number of benzene rings is 2. The first kappa shape index (κ1) is 19.9. The molecule has 2 aromatic rings. The summed E-state index contributed by atoms with van der Waals surface area (Å²) in [6, 6.07) is 11.3. The predicted octanol–water partition coefficient (Wildman–Crippen LogP) is 3.91. The molecule has 1 fully saturated rings. The third kappa shape index (κ3) is 4.43. The van der Waals surface area contributed by atoms with Crippen LogP contribution in [0.4, 0.5) is 11.4 Å². The molecule has 29 heavy (non-hydrogen) atoms. The summed E-state index contributed by atoms with van der Waals surface area (Å²) in [6.45, 7) is 6.69. The molecule has 1 amide bonds. The number of hydrogen-bond donors (Lipinski definition) is 1. The number of morpholine rings is 1. The minimum Gasteiger partial charge on any atom is -0.483 e. The molecule has 6 nitrogen and oxygen atoms in total. The van der Waals surface area contributed by atoms with Gasteiger partial charge in [-0.25, -0.2) is 0 Å². The molecular formula is C22H25ClN2O4. The van der Waals surface area contributed by atoms with E-state index in [0.717, 1.165) is 36.5 Å². The lowest BCUT2D eigenvalue weighted by Gasteiger charge is -2.31. The molecule has 0 spiro atoms. The van der Waals surface area contributed by atoms with Gasteiger partial charge in [-0.05, 0) is 32.0 Å². The van der Waals surface area contributed by atoms with Gasteiger partial charge in [-0.1, -0.05) is 29.8 Å². The minimum atomic E-state index is -0.266. The molecule has 0 aliphatic carbocycles. The number of nitrogens with one attached hydrogen (secondary N) is 1. The molecule has 2 aliphatic heterocycles. The van der Waals surface area contributed by atoms with Gasteiger partial charge in [-0.3, -0.25) is 4.79 Å². The highest BCUT2D eigenvalue weighted by Crippen LogP contribution is 2.41. The van der Waals surface area contributed by atoms with Crippen LogP contribution in [0.2, 0.25) is 5.02 Å². The van der Waals surface area contributed by atoms with Gasteiger partial charge in [0.2, 0.25) is 0 Å². The summed E-state index contributed by atoms with van der Waals surface area (Å²) in [4.78, 5) is 14.7. The molecule has 2 aliphatic rings. The second-order valence-corrected chi connectivity index (χ2v) is 8.26. The van der Waals surface area contributed by atoms with Gasteiger partial charge in [-0.15, -0.1) is 0 Å². The molecule has 0 radical (unpaired) electrons. The average Bonchev–Trinajstić information content (AvgIpc) is 3.01. The van der Waals surface area contributed by atoms with Crippen molar-refractivity contribution < 1.29 is 19.0 Å². The number of fused-ring (bicyclic) bond motifs is 1. The van der Waals surface area contributed by atoms with Crippen molar-refractivity contribution in [3.63, 3.8) is 0 Å². The molecule has 0 atom stereocenters. The first-order chi connectivity index (χ1) is 13.9. The van der Waals surface area contributed by atoms with Gasteiger partial charge in [0.25, 0.3) is 5.91 Å². The van der Waals surface area contributed by atoms with Crippen molar-refractivity contribution >= 4 is 28.9 Å². The van der Waals surface area contributed by atoms with E-state index in [2.05, 4.69) is 10.2 Å². The van der Waals surface area contributed by atoms with E-state index in [4.69, 9.17) is 25.8 Å². The summed E-state index contributed by atoms with van der Waals surface area (Å²) in [5.74, 6) is 1.06. The van der Waals surface area contributed by atoms with Crippen molar-refractivity contribution in [2.45, 2.75) is 25.9 Å². The van der Waals surface area contributed by atoms with E-state index in [1.807, 2.05) is 50.2 Å². The standard InChI is InChI=1S/C22H25ClN2O4/c1-22(2)13-15-5-3-8-18(21(15)29-22)28-14-19(26)24-17-7-4-6-16(23)20(17)25-9-11-27-12-10-25/h3-8H,9-14H2,1-2H3,(H,24,26). The number of para-hydroxylation sites is 2. The van der Waals surface area contributed by atoms with Gasteiger partial charge in [0.15, 0.2) is 18.1 Å². The van der Waals surface area contributed by atoms with Crippen molar-refractivity contribution in [1.29, 1.82) is 0 Å². The summed E-state index contributed by atoms with van der Waals surface area (Å²) in [5, 5.41) is 3.53. The first-order valence-corrected chi connectivity index (χ1v) is 10.2. The Balaban J connectivity index is 1.44. The SMILES string of the molecule is CC1(C)Cc2cccc(OCC(=O)Nc3cccc(Cl)c3N3CCOCC3)c2O1. The molecular weight excluding hydrogens is 392 g/mol. The highest BCUT2D eigenvalue weighted by molar-refractivity contribution is 6.34. The van der Waals surface area contributed by atoms with Gasteiger partial charge in [0.1, 0.15) is 5.60 Å². The summed E-state index contributed by atoms with van der Waals surface area (Å²) in [6.07, 6.45) is 0.817. The van der Waals surface area contributed by atoms with Crippen LogP contribution in [0.15, 0.2) is 36.4 Å². The van der Waals surface area contributed by atoms with Crippen LogP contribution in [0.1, 0.15) is 19.4 Å². The molecule has 154 valence electrons.